The summed E-state index contributed by atoms with van der Waals surface area (Å²) in [6, 6.07) is 6.03. The Balaban J connectivity index is 2.25. The van der Waals surface area contributed by atoms with E-state index in [9.17, 15) is 9.90 Å². The summed E-state index contributed by atoms with van der Waals surface area (Å²) in [6.07, 6.45) is 2.65. The fourth-order valence-corrected chi connectivity index (χ4v) is 3.04. The fraction of sp³-hybridized carbons (Fsp3) is 0.308. The summed E-state index contributed by atoms with van der Waals surface area (Å²) < 4.78 is 1.03. The van der Waals surface area contributed by atoms with Gasteiger partial charge in [0.2, 0.25) is 0 Å². The lowest BCUT2D eigenvalue weighted by atomic mass is 9.87. The average molecular weight is 294 g/mol. The lowest BCUT2D eigenvalue weighted by Gasteiger charge is -2.18. The average Bonchev–Trinajstić information content (AvgIpc) is 2.66. The molecule has 0 spiro atoms. The molecule has 1 aromatic carbocycles. The highest BCUT2D eigenvalue weighted by Gasteiger charge is 2.29. The van der Waals surface area contributed by atoms with E-state index >= 15 is 0 Å². The minimum absolute atomic E-state index is 0.370. The van der Waals surface area contributed by atoms with Gasteiger partial charge in [-0.25, -0.2) is 0 Å². The molecule has 0 aliphatic heterocycles. The number of hydrogen-bond donors (Lipinski definition) is 2. The molecule has 0 radical (unpaired) electrons. The van der Waals surface area contributed by atoms with Gasteiger partial charge in [-0.3, -0.25) is 4.79 Å². The van der Waals surface area contributed by atoms with Crippen LogP contribution in [0.3, 0.4) is 0 Å². The number of halogens is 1. The predicted octanol–water partition coefficient (Wildman–Crippen LogP) is 3.43. The molecule has 2 N–H and O–H groups in total. The molecule has 0 saturated heterocycles. The number of fused-ring (bicyclic) bond motifs is 3. The van der Waals surface area contributed by atoms with E-state index in [1.165, 1.54) is 5.56 Å². The Morgan fingerprint density at radius 1 is 1.47 bits per heavy atom. The van der Waals surface area contributed by atoms with E-state index in [0.717, 1.165) is 40.3 Å². The van der Waals surface area contributed by atoms with E-state index in [0.29, 0.717) is 0 Å². The molecule has 0 fully saturated rings. The van der Waals surface area contributed by atoms with E-state index in [4.69, 9.17) is 0 Å². The van der Waals surface area contributed by atoms with Crippen LogP contribution in [-0.2, 0) is 11.2 Å². The van der Waals surface area contributed by atoms with Gasteiger partial charge in [0.1, 0.15) is 0 Å². The number of H-pyrrole nitrogens is 1. The zero-order chi connectivity index (χ0) is 12.0. The highest BCUT2D eigenvalue weighted by atomic mass is 79.9. The number of nitrogens with one attached hydrogen (secondary N) is 1. The number of aromatic amines is 1. The van der Waals surface area contributed by atoms with Crippen molar-refractivity contribution in [3.63, 3.8) is 0 Å². The van der Waals surface area contributed by atoms with E-state index < -0.39 is 5.97 Å². The number of carboxylic acids is 1. The molecular formula is C13H12BrNO2. The molecule has 3 nitrogen and oxygen atoms in total. The van der Waals surface area contributed by atoms with Crippen LogP contribution in [0, 0.1) is 0 Å². The SMILES string of the molecule is O=C(O)[C@@H]1CCCc2c1[nH]c1ccc(Br)cc21. The first-order valence-corrected chi connectivity index (χ1v) is 6.49. The second-order valence-electron chi connectivity index (χ2n) is 4.49. The first-order valence-electron chi connectivity index (χ1n) is 5.69. The second-order valence-corrected chi connectivity index (χ2v) is 5.41. The molecule has 0 unspecified atom stereocenters. The van der Waals surface area contributed by atoms with Gasteiger partial charge in [0.05, 0.1) is 5.92 Å². The lowest BCUT2D eigenvalue weighted by Crippen LogP contribution is -2.17. The number of benzene rings is 1. The highest BCUT2D eigenvalue weighted by molar-refractivity contribution is 9.10. The molecule has 1 aliphatic rings. The van der Waals surface area contributed by atoms with Crippen molar-refractivity contribution in [2.45, 2.75) is 25.2 Å². The summed E-state index contributed by atoms with van der Waals surface area (Å²) in [6.45, 7) is 0. The number of aryl methyl sites for hydroxylation is 1. The molecule has 1 heterocycles. The summed E-state index contributed by atoms with van der Waals surface area (Å²) in [5.74, 6) is -1.10. The van der Waals surface area contributed by atoms with Crippen molar-refractivity contribution in [3.05, 3.63) is 33.9 Å². The molecule has 17 heavy (non-hydrogen) atoms. The molecule has 1 atom stereocenters. The molecule has 0 bridgehead atoms. The van der Waals surface area contributed by atoms with Crippen molar-refractivity contribution in [2.75, 3.05) is 0 Å². The summed E-state index contributed by atoms with van der Waals surface area (Å²) >= 11 is 3.46. The summed E-state index contributed by atoms with van der Waals surface area (Å²) in [4.78, 5) is 14.5. The van der Waals surface area contributed by atoms with Gasteiger partial charge in [-0.05, 0) is 43.0 Å². The fourth-order valence-electron chi connectivity index (χ4n) is 2.68. The van der Waals surface area contributed by atoms with Gasteiger partial charge in [-0.2, -0.15) is 0 Å². The van der Waals surface area contributed by atoms with Crippen LogP contribution in [-0.4, -0.2) is 16.1 Å². The minimum Gasteiger partial charge on any atom is -0.481 e. The number of carbonyl (C=O) groups is 1. The normalized spacial score (nSPS) is 19.2. The summed E-state index contributed by atoms with van der Waals surface area (Å²) in [5, 5.41) is 10.4. The maximum absolute atomic E-state index is 11.2. The third-order valence-electron chi connectivity index (χ3n) is 3.47. The van der Waals surface area contributed by atoms with E-state index in [1.807, 2.05) is 12.1 Å². The molecule has 4 heteroatoms. The van der Waals surface area contributed by atoms with Crippen LogP contribution in [0.15, 0.2) is 22.7 Å². The summed E-state index contributed by atoms with van der Waals surface area (Å²) in [5.41, 5.74) is 3.11. The zero-order valence-electron chi connectivity index (χ0n) is 9.16. The van der Waals surface area contributed by atoms with Crippen LogP contribution in [0.4, 0.5) is 0 Å². The van der Waals surface area contributed by atoms with Crippen molar-refractivity contribution in [2.24, 2.45) is 0 Å². The van der Waals surface area contributed by atoms with Gasteiger partial charge < -0.3 is 10.1 Å². The van der Waals surface area contributed by atoms with Crippen LogP contribution in [0.1, 0.15) is 30.0 Å². The topological polar surface area (TPSA) is 53.1 Å². The maximum atomic E-state index is 11.2. The van der Waals surface area contributed by atoms with Crippen LogP contribution >= 0.6 is 15.9 Å². The van der Waals surface area contributed by atoms with Crippen molar-refractivity contribution in [1.29, 1.82) is 0 Å². The van der Waals surface area contributed by atoms with Gasteiger partial charge in [0.15, 0.2) is 0 Å². The second kappa shape index (κ2) is 3.88. The molecule has 3 rings (SSSR count). The Bertz CT molecular complexity index is 603. The Hall–Kier alpha value is -1.29. The van der Waals surface area contributed by atoms with E-state index in [1.54, 1.807) is 0 Å². The molecule has 1 aromatic heterocycles. The van der Waals surface area contributed by atoms with Crippen molar-refractivity contribution in [1.82, 2.24) is 4.98 Å². The third kappa shape index (κ3) is 1.67. The number of rotatable bonds is 1. The standard InChI is InChI=1S/C13H12BrNO2/c14-7-4-5-11-10(6-7)8-2-1-3-9(13(16)17)12(8)15-11/h4-6,9,15H,1-3H2,(H,16,17)/t9-/m1/s1. The number of aliphatic carboxylic acids is 1. The smallest absolute Gasteiger partial charge is 0.312 e. The molecule has 88 valence electrons. The first kappa shape index (κ1) is 10.8. The van der Waals surface area contributed by atoms with Gasteiger partial charge in [-0.1, -0.05) is 15.9 Å². The Labute approximate surface area is 107 Å². The summed E-state index contributed by atoms with van der Waals surface area (Å²) in [7, 11) is 0. The van der Waals surface area contributed by atoms with Gasteiger partial charge in [0.25, 0.3) is 0 Å². The Morgan fingerprint density at radius 3 is 3.06 bits per heavy atom. The predicted molar refractivity (Wildman–Crippen MR) is 69.3 cm³/mol. The highest BCUT2D eigenvalue weighted by Crippen LogP contribution is 2.36. The van der Waals surface area contributed by atoms with Crippen LogP contribution in [0.25, 0.3) is 10.9 Å². The minimum atomic E-state index is -0.725. The molecule has 0 amide bonds. The van der Waals surface area contributed by atoms with Crippen molar-refractivity contribution in [3.8, 4) is 0 Å². The van der Waals surface area contributed by atoms with Crippen molar-refractivity contribution < 1.29 is 9.90 Å². The Kier molecular flexibility index (Phi) is 2.47. The van der Waals surface area contributed by atoms with E-state index in [-0.39, 0.29) is 5.92 Å². The first-order chi connectivity index (χ1) is 8.16. The molecule has 2 aromatic rings. The quantitative estimate of drug-likeness (QED) is 0.846. The van der Waals surface area contributed by atoms with E-state index in [2.05, 4.69) is 27.0 Å². The molecule has 1 aliphatic carbocycles. The van der Waals surface area contributed by atoms with Gasteiger partial charge in [0, 0.05) is 21.1 Å². The number of aromatic nitrogens is 1. The van der Waals surface area contributed by atoms with Crippen LogP contribution in [0.2, 0.25) is 0 Å². The largest absolute Gasteiger partial charge is 0.481 e. The monoisotopic (exact) mass is 293 g/mol. The maximum Gasteiger partial charge on any atom is 0.312 e. The molecule has 0 saturated carbocycles. The van der Waals surface area contributed by atoms with Gasteiger partial charge >= 0.3 is 5.97 Å². The number of carboxylic acid groups (broad SMARTS) is 1. The van der Waals surface area contributed by atoms with Crippen LogP contribution < -0.4 is 0 Å². The van der Waals surface area contributed by atoms with Crippen LogP contribution in [0.5, 0.6) is 0 Å². The Morgan fingerprint density at radius 2 is 2.29 bits per heavy atom. The van der Waals surface area contributed by atoms with Crippen molar-refractivity contribution >= 4 is 32.8 Å². The lowest BCUT2D eigenvalue weighted by molar-refractivity contribution is -0.139. The zero-order valence-corrected chi connectivity index (χ0v) is 10.8. The third-order valence-corrected chi connectivity index (χ3v) is 3.96. The van der Waals surface area contributed by atoms with Gasteiger partial charge in [-0.15, -0.1) is 0 Å². The molecular weight excluding hydrogens is 282 g/mol. The number of hydrogen-bond acceptors (Lipinski definition) is 1.